The molecule has 2 aromatic carbocycles. The van der Waals surface area contributed by atoms with E-state index in [9.17, 15) is 4.79 Å². The third-order valence-electron chi connectivity index (χ3n) is 3.30. The van der Waals surface area contributed by atoms with Crippen LogP contribution in [-0.4, -0.2) is 19.1 Å². The molecule has 0 saturated heterocycles. The van der Waals surface area contributed by atoms with Gasteiger partial charge < -0.3 is 15.4 Å². The highest BCUT2D eigenvalue weighted by molar-refractivity contribution is 6.34. The summed E-state index contributed by atoms with van der Waals surface area (Å²) < 4.78 is 5.61. The molecule has 1 heterocycles. The first kappa shape index (κ1) is 13.8. The number of hydrogen-bond acceptors (Lipinski definition) is 3. The van der Waals surface area contributed by atoms with Gasteiger partial charge in [0, 0.05) is 6.54 Å². The number of aryl methyl sites for hydroxylation is 1. The number of carbonyl (C=O) groups excluding carboxylic acids is 1. The molecule has 5 heteroatoms. The second-order valence-electron chi connectivity index (χ2n) is 4.89. The second kappa shape index (κ2) is 5.66. The van der Waals surface area contributed by atoms with Gasteiger partial charge in [0.2, 0.25) is 0 Å². The van der Waals surface area contributed by atoms with Crippen molar-refractivity contribution in [3.63, 3.8) is 0 Å². The Labute approximate surface area is 128 Å². The molecule has 108 valence electrons. The minimum atomic E-state index is -0.235. The molecule has 3 rings (SSSR count). The number of rotatable bonds is 2. The molecule has 4 nitrogen and oxygen atoms in total. The van der Waals surface area contributed by atoms with E-state index in [1.54, 1.807) is 12.1 Å². The van der Waals surface area contributed by atoms with Gasteiger partial charge in [-0.2, -0.15) is 0 Å². The Morgan fingerprint density at radius 1 is 1.33 bits per heavy atom. The molecular formula is C16H15ClN2O2. The maximum atomic E-state index is 12.4. The van der Waals surface area contributed by atoms with Crippen molar-refractivity contribution in [3.05, 3.63) is 52.5 Å². The fourth-order valence-corrected chi connectivity index (χ4v) is 2.54. The molecule has 2 N–H and O–H groups in total. The zero-order chi connectivity index (χ0) is 14.8. The molecule has 21 heavy (non-hydrogen) atoms. The maximum absolute atomic E-state index is 12.4. The minimum Gasteiger partial charge on any atom is -0.489 e. The van der Waals surface area contributed by atoms with E-state index in [1.807, 2.05) is 31.2 Å². The van der Waals surface area contributed by atoms with Gasteiger partial charge in [0.25, 0.3) is 5.91 Å². The summed E-state index contributed by atoms with van der Waals surface area (Å²) in [5, 5.41) is 6.56. The van der Waals surface area contributed by atoms with E-state index in [-0.39, 0.29) is 5.91 Å². The number of halogens is 1. The van der Waals surface area contributed by atoms with Gasteiger partial charge in [-0.1, -0.05) is 23.7 Å². The number of para-hydroxylation sites is 1. The Bertz CT molecular complexity index is 701. The fourth-order valence-electron chi connectivity index (χ4n) is 2.26. The molecule has 0 bridgehead atoms. The first-order valence-electron chi connectivity index (χ1n) is 6.72. The molecule has 0 saturated carbocycles. The molecule has 0 aromatic heterocycles. The minimum absolute atomic E-state index is 0.235. The van der Waals surface area contributed by atoms with Gasteiger partial charge in [0.15, 0.2) is 5.75 Å². The van der Waals surface area contributed by atoms with Crippen molar-refractivity contribution in [2.75, 3.05) is 23.8 Å². The maximum Gasteiger partial charge on any atom is 0.259 e. The standard InChI is InChI=1S/C16H15ClN2O2/c1-10-5-6-13(12(17)9-10)19-16(20)11-3-2-4-14-15(11)21-8-7-18-14/h2-6,9,18H,7-8H2,1H3,(H,19,20). The van der Waals surface area contributed by atoms with Crippen LogP contribution in [0.25, 0.3) is 0 Å². The van der Waals surface area contributed by atoms with Crippen LogP contribution in [0.3, 0.4) is 0 Å². The Kier molecular flexibility index (Phi) is 3.71. The van der Waals surface area contributed by atoms with E-state index in [0.29, 0.717) is 28.6 Å². The van der Waals surface area contributed by atoms with Crippen molar-refractivity contribution >= 4 is 28.9 Å². The fraction of sp³-hybridized carbons (Fsp3) is 0.188. The number of fused-ring (bicyclic) bond motifs is 1. The third kappa shape index (κ3) is 2.81. The van der Waals surface area contributed by atoms with Crippen LogP contribution in [-0.2, 0) is 0 Å². The highest BCUT2D eigenvalue weighted by Crippen LogP contribution is 2.32. The average molecular weight is 303 g/mol. The van der Waals surface area contributed by atoms with Crippen molar-refractivity contribution < 1.29 is 9.53 Å². The van der Waals surface area contributed by atoms with Crippen LogP contribution in [0.2, 0.25) is 5.02 Å². The summed E-state index contributed by atoms with van der Waals surface area (Å²) in [5.74, 6) is 0.353. The molecule has 1 aliphatic rings. The van der Waals surface area contributed by atoms with Crippen molar-refractivity contribution in [1.82, 2.24) is 0 Å². The quantitative estimate of drug-likeness (QED) is 0.889. The number of ether oxygens (including phenoxy) is 1. The lowest BCUT2D eigenvalue weighted by Crippen LogP contribution is -2.22. The summed E-state index contributed by atoms with van der Waals surface area (Å²) in [6, 6.07) is 11.0. The van der Waals surface area contributed by atoms with Crippen molar-refractivity contribution in [1.29, 1.82) is 0 Å². The third-order valence-corrected chi connectivity index (χ3v) is 3.61. The average Bonchev–Trinajstić information content (AvgIpc) is 2.49. The first-order valence-corrected chi connectivity index (χ1v) is 7.10. The van der Waals surface area contributed by atoms with Gasteiger partial charge in [-0.25, -0.2) is 0 Å². The normalized spacial score (nSPS) is 12.9. The Morgan fingerprint density at radius 3 is 3.00 bits per heavy atom. The number of anilines is 2. The lowest BCUT2D eigenvalue weighted by molar-refractivity contribution is 0.102. The van der Waals surface area contributed by atoms with Gasteiger partial charge in [0.1, 0.15) is 6.61 Å². The Balaban J connectivity index is 1.89. The van der Waals surface area contributed by atoms with Crippen LogP contribution in [0, 0.1) is 6.92 Å². The number of carbonyl (C=O) groups is 1. The van der Waals surface area contributed by atoms with Crippen molar-refractivity contribution in [3.8, 4) is 5.75 Å². The van der Waals surface area contributed by atoms with Gasteiger partial charge in [-0.05, 0) is 36.8 Å². The van der Waals surface area contributed by atoms with Crippen LogP contribution in [0.1, 0.15) is 15.9 Å². The lowest BCUT2D eigenvalue weighted by Gasteiger charge is -2.21. The zero-order valence-electron chi connectivity index (χ0n) is 11.6. The summed E-state index contributed by atoms with van der Waals surface area (Å²) in [6.07, 6.45) is 0. The summed E-state index contributed by atoms with van der Waals surface area (Å²) in [6.45, 7) is 3.23. The highest BCUT2D eigenvalue weighted by atomic mass is 35.5. The summed E-state index contributed by atoms with van der Waals surface area (Å²) in [4.78, 5) is 12.4. The lowest BCUT2D eigenvalue weighted by atomic mass is 10.1. The predicted molar refractivity (Wildman–Crippen MR) is 84.6 cm³/mol. The van der Waals surface area contributed by atoms with Crippen molar-refractivity contribution in [2.45, 2.75) is 6.92 Å². The van der Waals surface area contributed by atoms with Crippen LogP contribution in [0.5, 0.6) is 5.75 Å². The van der Waals surface area contributed by atoms with Gasteiger partial charge in [-0.15, -0.1) is 0 Å². The summed E-state index contributed by atoms with van der Waals surface area (Å²) in [5.41, 5.74) is 2.97. The monoisotopic (exact) mass is 302 g/mol. The summed E-state index contributed by atoms with van der Waals surface area (Å²) >= 11 is 6.15. The molecule has 0 radical (unpaired) electrons. The highest BCUT2D eigenvalue weighted by Gasteiger charge is 2.19. The number of amides is 1. The van der Waals surface area contributed by atoms with E-state index >= 15 is 0 Å². The van der Waals surface area contributed by atoms with E-state index in [2.05, 4.69) is 10.6 Å². The van der Waals surface area contributed by atoms with Gasteiger partial charge in [0.05, 0.1) is 22.0 Å². The van der Waals surface area contributed by atoms with E-state index in [1.165, 1.54) is 0 Å². The smallest absolute Gasteiger partial charge is 0.259 e. The van der Waals surface area contributed by atoms with E-state index < -0.39 is 0 Å². The van der Waals surface area contributed by atoms with Crippen LogP contribution < -0.4 is 15.4 Å². The molecule has 2 aromatic rings. The topological polar surface area (TPSA) is 50.4 Å². The molecular weight excluding hydrogens is 288 g/mol. The second-order valence-corrected chi connectivity index (χ2v) is 5.30. The summed E-state index contributed by atoms with van der Waals surface area (Å²) in [7, 11) is 0. The first-order chi connectivity index (χ1) is 10.1. The molecule has 1 amide bonds. The van der Waals surface area contributed by atoms with Crippen LogP contribution in [0.15, 0.2) is 36.4 Å². The molecule has 0 unspecified atom stereocenters. The Hall–Kier alpha value is -2.20. The van der Waals surface area contributed by atoms with Gasteiger partial charge in [-0.3, -0.25) is 4.79 Å². The molecule has 0 fully saturated rings. The van der Waals surface area contributed by atoms with Crippen molar-refractivity contribution in [2.24, 2.45) is 0 Å². The van der Waals surface area contributed by atoms with E-state index in [4.69, 9.17) is 16.3 Å². The van der Waals surface area contributed by atoms with Crippen LogP contribution >= 0.6 is 11.6 Å². The number of nitrogens with one attached hydrogen (secondary N) is 2. The number of benzene rings is 2. The van der Waals surface area contributed by atoms with E-state index in [0.717, 1.165) is 17.8 Å². The molecule has 0 spiro atoms. The molecule has 0 atom stereocenters. The zero-order valence-corrected chi connectivity index (χ0v) is 12.3. The largest absolute Gasteiger partial charge is 0.489 e. The van der Waals surface area contributed by atoms with Crippen LogP contribution in [0.4, 0.5) is 11.4 Å². The predicted octanol–water partition coefficient (Wildman–Crippen LogP) is 3.71. The molecule has 1 aliphatic heterocycles. The number of hydrogen-bond donors (Lipinski definition) is 2. The molecule has 0 aliphatic carbocycles. The van der Waals surface area contributed by atoms with Gasteiger partial charge >= 0.3 is 0 Å². The SMILES string of the molecule is Cc1ccc(NC(=O)c2cccc3c2OCCN3)c(Cl)c1. The Morgan fingerprint density at radius 2 is 2.19 bits per heavy atom.